The third-order valence-electron chi connectivity index (χ3n) is 3.37. The average Bonchev–Trinajstić information content (AvgIpc) is 2.39. The van der Waals surface area contributed by atoms with Crippen molar-refractivity contribution >= 4 is 0 Å². The van der Waals surface area contributed by atoms with Gasteiger partial charge in [0.2, 0.25) is 0 Å². The van der Waals surface area contributed by atoms with Crippen molar-refractivity contribution in [1.82, 2.24) is 5.32 Å². The van der Waals surface area contributed by atoms with Gasteiger partial charge in [0, 0.05) is 6.61 Å². The Hall–Kier alpha value is -1.10. The predicted molar refractivity (Wildman–Crippen MR) is 69.8 cm³/mol. The van der Waals surface area contributed by atoms with E-state index in [1.165, 1.54) is 0 Å². The van der Waals surface area contributed by atoms with Crippen molar-refractivity contribution in [3.8, 4) is 5.75 Å². The van der Waals surface area contributed by atoms with E-state index in [9.17, 15) is 5.11 Å². The monoisotopic (exact) mass is 251 g/mol. The number of benzene rings is 1. The first-order valence-corrected chi connectivity index (χ1v) is 6.48. The van der Waals surface area contributed by atoms with E-state index in [1.807, 2.05) is 24.3 Å². The summed E-state index contributed by atoms with van der Waals surface area (Å²) >= 11 is 0. The molecule has 1 fully saturated rings. The van der Waals surface area contributed by atoms with Gasteiger partial charge in [0.1, 0.15) is 18.0 Å². The molecule has 0 atom stereocenters. The number of hydrogen-bond acceptors (Lipinski definition) is 4. The lowest BCUT2D eigenvalue weighted by Crippen LogP contribution is -2.45. The summed E-state index contributed by atoms with van der Waals surface area (Å²) in [5.74, 6) is 0.767. The highest BCUT2D eigenvalue weighted by atomic mass is 16.5. The second-order valence-electron chi connectivity index (χ2n) is 4.88. The summed E-state index contributed by atoms with van der Waals surface area (Å²) in [6.07, 6.45) is 2.13. The Morgan fingerprint density at radius 2 is 1.83 bits per heavy atom. The maximum Gasteiger partial charge on any atom is 0.119 e. The Morgan fingerprint density at radius 3 is 2.44 bits per heavy atom. The van der Waals surface area contributed by atoms with Gasteiger partial charge in [-0.3, -0.25) is 0 Å². The van der Waals surface area contributed by atoms with Crippen molar-refractivity contribution in [1.29, 1.82) is 0 Å². The highest BCUT2D eigenvalue weighted by Gasteiger charge is 2.29. The molecule has 4 nitrogen and oxygen atoms in total. The van der Waals surface area contributed by atoms with Gasteiger partial charge in [-0.25, -0.2) is 0 Å². The number of hydrogen-bond donors (Lipinski definition) is 3. The molecule has 18 heavy (non-hydrogen) atoms. The van der Waals surface area contributed by atoms with Crippen LogP contribution < -0.4 is 10.1 Å². The van der Waals surface area contributed by atoms with Crippen LogP contribution in [0.15, 0.2) is 24.3 Å². The van der Waals surface area contributed by atoms with Gasteiger partial charge in [-0.05, 0) is 50.0 Å². The Labute approximate surface area is 108 Å². The number of piperidine rings is 1. The summed E-state index contributed by atoms with van der Waals surface area (Å²) in [7, 11) is 0. The second kappa shape index (κ2) is 6.18. The lowest BCUT2D eigenvalue weighted by molar-refractivity contribution is -0.0286. The van der Waals surface area contributed by atoms with Crippen LogP contribution in [0.25, 0.3) is 0 Å². The molecule has 0 aliphatic carbocycles. The van der Waals surface area contributed by atoms with E-state index in [1.54, 1.807) is 0 Å². The van der Waals surface area contributed by atoms with Crippen molar-refractivity contribution in [2.45, 2.75) is 24.9 Å². The van der Waals surface area contributed by atoms with Crippen molar-refractivity contribution in [3.05, 3.63) is 29.8 Å². The van der Waals surface area contributed by atoms with E-state index in [2.05, 4.69) is 5.32 Å². The molecule has 0 radical (unpaired) electrons. The fraction of sp³-hybridized carbons (Fsp3) is 0.571. The molecule has 0 bridgehead atoms. The molecule has 1 aromatic rings. The minimum Gasteiger partial charge on any atom is -0.491 e. The van der Waals surface area contributed by atoms with Crippen molar-refractivity contribution in [2.24, 2.45) is 0 Å². The van der Waals surface area contributed by atoms with Crippen LogP contribution in [-0.2, 0) is 6.42 Å². The van der Waals surface area contributed by atoms with Gasteiger partial charge in [0.05, 0.1) is 0 Å². The minimum absolute atomic E-state index is 0.160. The molecule has 2 rings (SSSR count). The quantitative estimate of drug-likeness (QED) is 0.721. The molecule has 0 spiro atoms. The lowest BCUT2D eigenvalue weighted by Gasteiger charge is -2.32. The molecule has 1 aliphatic heterocycles. The zero-order valence-electron chi connectivity index (χ0n) is 10.6. The van der Waals surface area contributed by atoms with E-state index in [0.29, 0.717) is 13.0 Å². The normalized spacial score (nSPS) is 18.6. The number of aliphatic hydroxyl groups excluding tert-OH is 1. The van der Waals surface area contributed by atoms with E-state index in [0.717, 1.165) is 37.2 Å². The first-order chi connectivity index (χ1) is 8.72. The zero-order chi connectivity index (χ0) is 12.8. The molecule has 1 aromatic carbocycles. The van der Waals surface area contributed by atoms with Crippen LogP contribution >= 0.6 is 0 Å². The lowest BCUT2D eigenvalue weighted by atomic mass is 9.93. The molecule has 1 aliphatic rings. The molecule has 0 aromatic heterocycles. The highest BCUT2D eigenvalue weighted by Crippen LogP contribution is 2.20. The summed E-state index contributed by atoms with van der Waals surface area (Å²) in [6, 6.07) is 7.65. The summed E-state index contributed by atoms with van der Waals surface area (Å²) in [6.45, 7) is 2.19. The minimum atomic E-state index is -0.699. The third-order valence-corrected chi connectivity index (χ3v) is 3.37. The predicted octanol–water partition coefficient (Wildman–Crippen LogP) is 0.715. The summed E-state index contributed by atoms with van der Waals surface area (Å²) in [4.78, 5) is 0. The fourth-order valence-corrected chi connectivity index (χ4v) is 2.14. The smallest absolute Gasteiger partial charge is 0.119 e. The summed E-state index contributed by atoms with van der Waals surface area (Å²) < 4.78 is 5.64. The Kier molecular flexibility index (Phi) is 4.58. The van der Waals surface area contributed by atoms with Crippen LogP contribution in [0.2, 0.25) is 0 Å². The summed E-state index contributed by atoms with van der Waals surface area (Å²) in [5, 5.41) is 22.3. The van der Waals surface area contributed by atoms with Gasteiger partial charge in [0.25, 0.3) is 0 Å². The Bertz CT molecular complexity index is 358. The average molecular weight is 251 g/mol. The number of ether oxygens (including phenoxy) is 1. The standard InChI is InChI=1S/C14H21NO3/c16-10-5-12-1-3-13(4-2-12)18-11-14(17)6-8-15-9-7-14/h1-4,15-17H,5-11H2. The van der Waals surface area contributed by atoms with E-state index < -0.39 is 5.60 Å². The van der Waals surface area contributed by atoms with Gasteiger partial charge in [0.15, 0.2) is 0 Å². The van der Waals surface area contributed by atoms with Gasteiger partial charge in [-0.15, -0.1) is 0 Å². The van der Waals surface area contributed by atoms with Crippen LogP contribution in [0.3, 0.4) is 0 Å². The third kappa shape index (κ3) is 3.70. The maximum atomic E-state index is 10.3. The van der Waals surface area contributed by atoms with Crippen LogP contribution in [0.1, 0.15) is 18.4 Å². The van der Waals surface area contributed by atoms with Crippen LogP contribution in [-0.4, -0.2) is 42.1 Å². The first kappa shape index (κ1) is 13.3. The SMILES string of the molecule is OCCc1ccc(OCC2(O)CCNCC2)cc1. The molecule has 3 N–H and O–H groups in total. The van der Waals surface area contributed by atoms with Crippen molar-refractivity contribution in [3.63, 3.8) is 0 Å². The van der Waals surface area contributed by atoms with Crippen LogP contribution in [0, 0.1) is 0 Å². The second-order valence-corrected chi connectivity index (χ2v) is 4.88. The Morgan fingerprint density at radius 1 is 1.17 bits per heavy atom. The number of rotatable bonds is 5. The van der Waals surface area contributed by atoms with Crippen LogP contribution in [0.4, 0.5) is 0 Å². The van der Waals surface area contributed by atoms with Gasteiger partial charge in [-0.2, -0.15) is 0 Å². The van der Waals surface area contributed by atoms with Crippen molar-refractivity contribution in [2.75, 3.05) is 26.3 Å². The molecule has 0 unspecified atom stereocenters. The molecule has 0 saturated carbocycles. The molecule has 4 heteroatoms. The summed E-state index contributed by atoms with van der Waals surface area (Å²) in [5.41, 5.74) is 0.389. The van der Waals surface area contributed by atoms with E-state index >= 15 is 0 Å². The highest BCUT2D eigenvalue weighted by molar-refractivity contribution is 5.27. The van der Waals surface area contributed by atoms with Crippen molar-refractivity contribution < 1.29 is 14.9 Å². The molecule has 1 saturated heterocycles. The van der Waals surface area contributed by atoms with Gasteiger partial charge in [-0.1, -0.05) is 12.1 Å². The molecular weight excluding hydrogens is 230 g/mol. The molecular formula is C14H21NO3. The topological polar surface area (TPSA) is 61.7 Å². The van der Waals surface area contributed by atoms with E-state index in [-0.39, 0.29) is 6.61 Å². The maximum absolute atomic E-state index is 10.3. The van der Waals surface area contributed by atoms with E-state index in [4.69, 9.17) is 9.84 Å². The van der Waals surface area contributed by atoms with Crippen LogP contribution in [0.5, 0.6) is 5.75 Å². The zero-order valence-corrected chi connectivity index (χ0v) is 10.6. The number of aliphatic hydroxyl groups is 2. The largest absolute Gasteiger partial charge is 0.491 e. The fourth-order valence-electron chi connectivity index (χ4n) is 2.14. The Balaban J connectivity index is 1.85. The first-order valence-electron chi connectivity index (χ1n) is 6.48. The molecule has 100 valence electrons. The number of nitrogens with one attached hydrogen (secondary N) is 1. The van der Waals surface area contributed by atoms with Gasteiger partial charge < -0.3 is 20.3 Å². The van der Waals surface area contributed by atoms with Gasteiger partial charge >= 0.3 is 0 Å². The molecule has 0 amide bonds. The molecule has 1 heterocycles.